The van der Waals surface area contributed by atoms with E-state index in [-0.39, 0.29) is 0 Å². The molecule has 0 saturated carbocycles. The summed E-state index contributed by atoms with van der Waals surface area (Å²) in [6.07, 6.45) is 0. The molecule has 92 valence electrons. The van der Waals surface area contributed by atoms with Crippen LogP contribution in [0.15, 0.2) is 18.2 Å². The first-order valence-corrected chi connectivity index (χ1v) is 5.87. The van der Waals surface area contributed by atoms with Crippen molar-refractivity contribution in [3.8, 4) is 0 Å². The van der Waals surface area contributed by atoms with E-state index in [9.17, 15) is 9.90 Å². The van der Waals surface area contributed by atoms with Crippen LogP contribution in [0.25, 0.3) is 0 Å². The minimum absolute atomic E-state index is 0.298. The molecule has 3 N–H and O–H groups in total. The van der Waals surface area contributed by atoms with Crippen molar-refractivity contribution in [3.05, 3.63) is 23.8 Å². The monoisotopic (exact) mass is 234 g/mol. The lowest BCUT2D eigenvalue weighted by molar-refractivity contribution is 0.0697. The number of carboxylic acid groups (broad SMARTS) is 1. The van der Waals surface area contributed by atoms with E-state index in [2.05, 4.69) is 18.7 Å². The number of aromatic carboxylic acids is 1. The van der Waals surface area contributed by atoms with E-state index in [1.165, 1.54) is 0 Å². The van der Waals surface area contributed by atoms with E-state index < -0.39 is 5.97 Å². The van der Waals surface area contributed by atoms with Crippen LogP contribution >= 0.6 is 0 Å². The van der Waals surface area contributed by atoms with Gasteiger partial charge in [-0.25, -0.2) is 4.79 Å². The largest absolute Gasteiger partial charge is 0.478 e. The van der Waals surface area contributed by atoms with Gasteiger partial charge in [0.25, 0.3) is 0 Å². The van der Waals surface area contributed by atoms with Gasteiger partial charge in [-0.2, -0.15) is 0 Å². The third kappa shape index (κ3) is 2.07. The summed E-state index contributed by atoms with van der Waals surface area (Å²) in [4.78, 5) is 13.3. The molecule has 0 spiro atoms. The Labute approximate surface area is 101 Å². The van der Waals surface area contributed by atoms with Crippen LogP contribution in [0.3, 0.4) is 0 Å². The molecule has 2 atom stereocenters. The van der Waals surface area contributed by atoms with E-state index in [1.54, 1.807) is 18.2 Å². The summed E-state index contributed by atoms with van der Waals surface area (Å²) in [6.45, 7) is 6.11. The summed E-state index contributed by atoms with van der Waals surface area (Å²) in [5, 5.41) is 9.20. The molecule has 1 aliphatic rings. The highest BCUT2D eigenvalue weighted by Gasteiger charge is 2.29. The normalized spacial score (nSPS) is 24.0. The van der Waals surface area contributed by atoms with Gasteiger partial charge in [0.1, 0.15) is 0 Å². The highest BCUT2D eigenvalue weighted by atomic mass is 16.4. The number of nitrogens with two attached hydrogens (primary N) is 1. The zero-order chi connectivity index (χ0) is 12.6. The van der Waals surface area contributed by atoms with Gasteiger partial charge in [0.15, 0.2) is 0 Å². The number of carboxylic acids is 1. The molecule has 17 heavy (non-hydrogen) atoms. The third-order valence-corrected chi connectivity index (χ3v) is 3.60. The summed E-state index contributed by atoms with van der Waals surface area (Å²) in [5.74, 6) is 0.215. The van der Waals surface area contributed by atoms with Crippen LogP contribution in [0.2, 0.25) is 0 Å². The first kappa shape index (κ1) is 11.8. The summed E-state index contributed by atoms with van der Waals surface area (Å²) >= 11 is 0. The highest BCUT2D eigenvalue weighted by molar-refractivity contribution is 5.98. The van der Waals surface area contributed by atoms with E-state index in [0.717, 1.165) is 13.1 Å². The molecule has 1 heterocycles. The van der Waals surface area contributed by atoms with Crippen molar-refractivity contribution in [1.29, 1.82) is 0 Å². The van der Waals surface area contributed by atoms with Crippen molar-refractivity contribution in [2.24, 2.45) is 11.8 Å². The fourth-order valence-corrected chi connectivity index (χ4v) is 2.40. The molecular formula is C13H18N2O2. The van der Waals surface area contributed by atoms with E-state index in [0.29, 0.717) is 28.8 Å². The Morgan fingerprint density at radius 2 is 1.94 bits per heavy atom. The smallest absolute Gasteiger partial charge is 0.337 e. The summed E-state index contributed by atoms with van der Waals surface area (Å²) < 4.78 is 0. The van der Waals surface area contributed by atoms with E-state index in [4.69, 9.17) is 5.73 Å². The van der Waals surface area contributed by atoms with Crippen LogP contribution in [0.5, 0.6) is 0 Å². The molecular weight excluding hydrogens is 216 g/mol. The maximum absolute atomic E-state index is 11.2. The number of rotatable bonds is 2. The maximum Gasteiger partial charge on any atom is 0.337 e. The number of nitrogen functional groups attached to an aromatic ring is 1. The van der Waals surface area contributed by atoms with Crippen molar-refractivity contribution < 1.29 is 9.90 Å². The van der Waals surface area contributed by atoms with Crippen LogP contribution in [-0.4, -0.2) is 24.2 Å². The van der Waals surface area contributed by atoms with Crippen LogP contribution < -0.4 is 10.6 Å². The zero-order valence-electron chi connectivity index (χ0n) is 10.2. The molecule has 1 aromatic carbocycles. The van der Waals surface area contributed by atoms with E-state index in [1.807, 2.05) is 0 Å². The average molecular weight is 234 g/mol. The predicted octanol–water partition coefficient (Wildman–Crippen LogP) is 2.06. The van der Waals surface area contributed by atoms with Gasteiger partial charge < -0.3 is 15.7 Å². The lowest BCUT2D eigenvalue weighted by Crippen LogP contribution is -2.23. The number of carbonyl (C=O) groups is 1. The van der Waals surface area contributed by atoms with Gasteiger partial charge in [-0.15, -0.1) is 0 Å². The minimum atomic E-state index is -0.917. The molecule has 0 bridgehead atoms. The second kappa shape index (κ2) is 4.28. The topological polar surface area (TPSA) is 66.6 Å². The first-order chi connectivity index (χ1) is 8.00. The molecule has 0 amide bonds. The number of para-hydroxylation sites is 1. The molecule has 1 aromatic rings. The Morgan fingerprint density at radius 1 is 1.35 bits per heavy atom. The van der Waals surface area contributed by atoms with Crippen LogP contribution in [-0.2, 0) is 0 Å². The zero-order valence-corrected chi connectivity index (χ0v) is 10.2. The number of hydrogen-bond acceptors (Lipinski definition) is 3. The number of hydrogen-bond donors (Lipinski definition) is 2. The van der Waals surface area contributed by atoms with Gasteiger partial charge in [0.2, 0.25) is 0 Å². The Morgan fingerprint density at radius 3 is 2.47 bits per heavy atom. The molecule has 1 fully saturated rings. The van der Waals surface area contributed by atoms with Crippen molar-refractivity contribution in [2.45, 2.75) is 13.8 Å². The van der Waals surface area contributed by atoms with Crippen LogP contribution in [0, 0.1) is 11.8 Å². The Bertz CT molecular complexity index is 435. The van der Waals surface area contributed by atoms with Gasteiger partial charge in [-0.1, -0.05) is 19.9 Å². The van der Waals surface area contributed by atoms with Gasteiger partial charge >= 0.3 is 5.97 Å². The molecule has 2 rings (SSSR count). The lowest BCUT2D eigenvalue weighted by atomic mass is 10.0. The van der Waals surface area contributed by atoms with Crippen molar-refractivity contribution in [3.63, 3.8) is 0 Å². The minimum Gasteiger partial charge on any atom is -0.478 e. The number of benzene rings is 1. The summed E-state index contributed by atoms with van der Waals surface area (Å²) in [7, 11) is 0. The standard InChI is InChI=1S/C13H18N2O2/c1-8-6-15(7-9(8)2)12-10(13(16)17)4-3-5-11(12)14/h3-5,8-9H,6-7,14H2,1-2H3,(H,16,17). The van der Waals surface area contributed by atoms with Crippen molar-refractivity contribution in [1.82, 2.24) is 0 Å². The Hall–Kier alpha value is -1.71. The SMILES string of the molecule is CC1CN(c2c(N)cccc2C(=O)O)CC1C. The quantitative estimate of drug-likeness (QED) is 0.769. The van der Waals surface area contributed by atoms with Crippen molar-refractivity contribution >= 4 is 17.3 Å². The number of anilines is 2. The summed E-state index contributed by atoms with van der Waals surface area (Å²) in [5.41, 5.74) is 7.45. The Balaban J connectivity index is 2.41. The van der Waals surface area contributed by atoms with Gasteiger partial charge in [0, 0.05) is 13.1 Å². The fraction of sp³-hybridized carbons (Fsp3) is 0.462. The highest BCUT2D eigenvalue weighted by Crippen LogP contribution is 2.34. The molecule has 4 heteroatoms. The van der Waals surface area contributed by atoms with Crippen LogP contribution in [0.4, 0.5) is 11.4 Å². The maximum atomic E-state index is 11.2. The predicted molar refractivity (Wildman–Crippen MR) is 68.4 cm³/mol. The van der Waals surface area contributed by atoms with Crippen LogP contribution in [0.1, 0.15) is 24.2 Å². The average Bonchev–Trinajstić information content (AvgIpc) is 2.58. The lowest BCUT2D eigenvalue weighted by Gasteiger charge is -2.22. The summed E-state index contributed by atoms with van der Waals surface area (Å²) in [6, 6.07) is 5.06. The molecule has 1 saturated heterocycles. The first-order valence-electron chi connectivity index (χ1n) is 5.87. The van der Waals surface area contributed by atoms with Crippen molar-refractivity contribution in [2.75, 3.05) is 23.7 Å². The Kier molecular flexibility index (Phi) is 2.96. The van der Waals surface area contributed by atoms with Gasteiger partial charge in [-0.3, -0.25) is 0 Å². The van der Waals surface area contributed by atoms with Gasteiger partial charge in [0.05, 0.1) is 16.9 Å². The van der Waals surface area contributed by atoms with Gasteiger partial charge in [-0.05, 0) is 24.0 Å². The van der Waals surface area contributed by atoms with E-state index >= 15 is 0 Å². The fourth-order valence-electron chi connectivity index (χ4n) is 2.40. The number of nitrogens with zero attached hydrogens (tertiary/aromatic N) is 1. The molecule has 4 nitrogen and oxygen atoms in total. The second-order valence-electron chi connectivity index (χ2n) is 4.91. The molecule has 0 radical (unpaired) electrons. The third-order valence-electron chi connectivity index (χ3n) is 3.60. The molecule has 2 unspecified atom stereocenters. The second-order valence-corrected chi connectivity index (χ2v) is 4.91. The molecule has 1 aliphatic heterocycles. The molecule has 0 aromatic heterocycles. The molecule has 0 aliphatic carbocycles.